The second-order valence-corrected chi connectivity index (χ2v) is 7.64. The third kappa shape index (κ3) is 3.81. The maximum Gasteiger partial charge on any atom is 0.179 e. The van der Waals surface area contributed by atoms with Crippen LogP contribution in [0, 0.1) is 5.92 Å². The van der Waals surface area contributed by atoms with E-state index >= 15 is 0 Å². The predicted octanol–water partition coefficient (Wildman–Crippen LogP) is 1.65. The van der Waals surface area contributed by atoms with Crippen LogP contribution < -0.4 is 5.73 Å². The molecule has 0 radical (unpaired) electrons. The Balaban J connectivity index is 1.93. The summed E-state index contributed by atoms with van der Waals surface area (Å²) in [5.41, 5.74) is 6.47. The fourth-order valence-corrected chi connectivity index (χ4v) is 3.93. The third-order valence-electron chi connectivity index (χ3n) is 4.14. The van der Waals surface area contributed by atoms with E-state index in [1.165, 1.54) is 12.8 Å². The monoisotopic (exact) mass is 296 g/mol. The van der Waals surface area contributed by atoms with Gasteiger partial charge in [0.2, 0.25) is 0 Å². The number of sulfone groups is 1. The Bertz CT molecular complexity index is 525. The summed E-state index contributed by atoms with van der Waals surface area (Å²) in [7, 11) is -3.18. The first-order valence-corrected chi connectivity index (χ1v) is 8.94. The fourth-order valence-electron chi connectivity index (χ4n) is 2.65. The van der Waals surface area contributed by atoms with E-state index in [0.717, 1.165) is 24.6 Å². The Labute approximate surface area is 121 Å². The molecule has 112 valence electrons. The molecule has 1 unspecified atom stereocenters. The van der Waals surface area contributed by atoms with Gasteiger partial charge in [-0.25, -0.2) is 8.42 Å². The molecule has 1 aliphatic rings. The molecule has 1 fully saturated rings. The molecule has 0 spiro atoms. The largest absolute Gasteiger partial charge is 0.326 e. The molecule has 1 heterocycles. The summed E-state index contributed by atoms with van der Waals surface area (Å²) in [6, 6.07) is 6.90. The third-order valence-corrected chi connectivity index (χ3v) is 5.85. The van der Waals surface area contributed by atoms with Crippen molar-refractivity contribution in [3.8, 4) is 0 Å². The zero-order valence-corrected chi connectivity index (χ0v) is 12.9. The molecule has 1 saturated heterocycles. The SMILES string of the molecule is CCC1CCN(CCS(=O)(=O)c2ccc(CN)cc2)C1. The maximum absolute atomic E-state index is 12.3. The van der Waals surface area contributed by atoms with Gasteiger partial charge in [0.15, 0.2) is 9.84 Å². The molecule has 0 amide bonds. The highest BCUT2D eigenvalue weighted by Crippen LogP contribution is 2.19. The number of nitrogens with zero attached hydrogens (tertiary/aromatic N) is 1. The lowest BCUT2D eigenvalue weighted by atomic mass is 10.1. The van der Waals surface area contributed by atoms with Crippen LogP contribution in [0.3, 0.4) is 0 Å². The van der Waals surface area contributed by atoms with E-state index in [1.807, 2.05) is 0 Å². The van der Waals surface area contributed by atoms with Gasteiger partial charge in [0.25, 0.3) is 0 Å². The Hall–Kier alpha value is -0.910. The van der Waals surface area contributed by atoms with E-state index in [-0.39, 0.29) is 5.75 Å². The van der Waals surface area contributed by atoms with Crippen LogP contribution in [-0.2, 0) is 16.4 Å². The van der Waals surface area contributed by atoms with Crippen LogP contribution >= 0.6 is 0 Å². The van der Waals surface area contributed by atoms with Crippen molar-refractivity contribution in [1.82, 2.24) is 4.90 Å². The van der Waals surface area contributed by atoms with Crippen molar-refractivity contribution in [2.45, 2.75) is 31.2 Å². The van der Waals surface area contributed by atoms with Gasteiger partial charge in [-0.3, -0.25) is 0 Å². The van der Waals surface area contributed by atoms with Crippen LogP contribution in [0.25, 0.3) is 0 Å². The molecular weight excluding hydrogens is 272 g/mol. The molecule has 0 aliphatic carbocycles. The van der Waals surface area contributed by atoms with E-state index in [1.54, 1.807) is 24.3 Å². The van der Waals surface area contributed by atoms with Crippen molar-refractivity contribution in [2.75, 3.05) is 25.4 Å². The number of rotatable bonds is 6. The van der Waals surface area contributed by atoms with Crippen LogP contribution in [-0.4, -0.2) is 38.7 Å². The molecule has 1 aromatic carbocycles. The second kappa shape index (κ2) is 6.70. The predicted molar refractivity (Wildman–Crippen MR) is 81.2 cm³/mol. The average Bonchev–Trinajstić information content (AvgIpc) is 2.93. The van der Waals surface area contributed by atoms with Gasteiger partial charge >= 0.3 is 0 Å². The highest BCUT2D eigenvalue weighted by atomic mass is 32.2. The van der Waals surface area contributed by atoms with Crippen LogP contribution in [0.15, 0.2) is 29.2 Å². The van der Waals surface area contributed by atoms with Crippen molar-refractivity contribution in [1.29, 1.82) is 0 Å². The first-order valence-electron chi connectivity index (χ1n) is 7.29. The molecule has 20 heavy (non-hydrogen) atoms. The topological polar surface area (TPSA) is 63.4 Å². The van der Waals surface area contributed by atoms with Gasteiger partial charge < -0.3 is 10.6 Å². The molecule has 0 saturated carbocycles. The minimum Gasteiger partial charge on any atom is -0.326 e. The van der Waals surface area contributed by atoms with Gasteiger partial charge in [-0.1, -0.05) is 25.5 Å². The normalized spacial score (nSPS) is 20.4. The molecule has 1 atom stereocenters. The summed E-state index contributed by atoms with van der Waals surface area (Å²) in [5.74, 6) is 0.937. The van der Waals surface area contributed by atoms with E-state index in [0.29, 0.717) is 18.0 Å². The van der Waals surface area contributed by atoms with E-state index in [2.05, 4.69) is 11.8 Å². The smallest absolute Gasteiger partial charge is 0.179 e. The van der Waals surface area contributed by atoms with E-state index in [9.17, 15) is 8.42 Å². The minimum absolute atomic E-state index is 0.200. The van der Waals surface area contributed by atoms with Crippen molar-refractivity contribution >= 4 is 9.84 Å². The highest BCUT2D eigenvalue weighted by Gasteiger charge is 2.23. The summed E-state index contributed by atoms with van der Waals surface area (Å²) >= 11 is 0. The minimum atomic E-state index is -3.18. The van der Waals surface area contributed by atoms with E-state index < -0.39 is 9.84 Å². The van der Waals surface area contributed by atoms with Crippen molar-refractivity contribution in [3.05, 3.63) is 29.8 Å². The average molecular weight is 296 g/mol. The first kappa shape index (κ1) is 15.5. The van der Waals surface area contributed by atoms with Gasteiger partial charge in [-0.2, -0.15) is 0 Å². The zero-order valence-electron chi connectivity index (χ0n) is 12.1. The lowest BCUT2D eigenvalue weighted by Gasteiger charge is -2.15. The van der Waals surface area contributed by atoms with Crippen molar-refractivity contribution in [2.24, 2.45) is 11.7 Å². The summed E-state index contributed by atoms with van der Waals surface area (Å²) < 4.78 is 24.6. The number of hydrogen-bond donors (Lipinski definition) is 1. The fraction of sp³-hybridized carbons (Fsp3) is 0.600. The molecule has 5 heteroatoms. The van der Waals surface area contributed by atoms with Gasteiger partial charge in [0.05, 0.1) is 10.6 Å². The molecule has 2 N–H and O–H groups in total. The summed E-state index contributed by atoms with van der Waals surface area (Å²) in [4.78, 5) is 2.67. The van der Waals surface area contributed by atoms with Crippen LogP contribution in [0.2, 0.25) is 0 Å². The van der Waals surface area contributed by atoms with Gasteiger partial charge in [-0.05, 0) is 36.6 Å². The molecule has 1 aromatic rings. The Morgan fingerprint density at radius 1 is 1.30 bits per heavy atom. The number of likely N-dealkylation sites (tertiary alicyclic amines) is 1. The standard InChI is InChI=1S/C15H24N2O2S/c1-2-13-7-8-17(12-13)9-10-20(18,19)15-5-3-14(11-16)4-6-15/h3-6,13H,2,7-12,16H2,1H3. The molecule has 1 aliphatic heterocycles. The van der Waals surface area contributed by atoms with Gasteiger partial charge in [-0.15, -0.1) is 0 Å². The molecule has 4 nitrogen and oxygen atoms in total. The Kier molecular flexibility index (Phi) is 5.18. The lowest BCUT2D eigenvalue weighted by molar-refractivity contribution is 0.341. The van der Waals surface area contributed by atoms with Crippen molar-refractivity contribution in [3.63, 3.8) is 0 Å². The zero-order chi connectivity index (χ0) is 14.6. The molecular formula is C15H24N2O2S. The van der Waals surface area contributed by atoms with Crippen molar-refractivity contribution < 1.29 is 8.42 Å². The van der Waals surface area contributed by atoms with Crippen LogP contribution in [0.5, 0.6) is 0 Å². The quantitative estimate of drug-likeness (QED) is 0.867. The van der Waals surface area contributed by atoms with E-state index in [4.69, 9.17) is 5.73 Å². The molecule has 0 bridgehead atoms. The Morgan fingerprint density at radius 3 is 2.55 bits per heavy atom. The Morgan fingerprint density at radius 2 is 2.00 bits per heavy atom. The van der Waals surface area contributed by atoms with Gasteiger partial charge in [0, 0.05) is 19.6 Å². The van der Waals surface area contributed by atoms with Crippen LogP contribution in [0.4, 0.5) is 0 Å². The second-order valence-electron chi connectivity index (χ2n) is 5.53. The maximum atomic E-state index is 12.3. The number of nitrogens with two attached hydrogens (primary N) is 1. The lowest BCUT2D eigenvalue weighted by Crippen LogP contribution is -2.27. The van der Waals surface area contributed by atoms with Crippen LogP contribution in [0.1, 0.15) is 25.3 Å². The number of hydrogen-bond acceptors (Lipinski definition) is 4. The molecule has 0 aromatic heterocycles. The summed E-state index contributed by atoms with van der Waals surface area (Å²) in [6.07, 6.45) is 2.38. The highest BCUT2D eigenvalue weighted by molar-refractivity contribution is 7.91. The van der Waals surface area contributed by atoms with Gasteiger partial charge in [0.1, 0.15) is 0 Å². The summed E-state index contributed by atoms with van der Waals surface area (Å²) in [5, 5.41) is 0. The molecule has 2 rings (SSSR count). The number of benzene rings is 1. The summed E-state index contributed by atoms with van der Waals surface area (Å²) in [6.45, 7) is 5.34. The first-order chi connectivity index (χ1) is 9.55.